The summed E-state index contributed by atoms with van der Waals surface area (Å²) in [5.74, 6) is -0.530. The molecule has 0 fully saturated rings. The molecule has 0 amide bonds. The van der Waals surface area contributed by atoms with E-state index in [4.69, 9.17) is 11.6 Å². The third-order valence-electron chi connectivity index (χ3n) is 2.78. The highest BCUT2D eigenvalue weighted by Crippen LogP contribution is 2.30. The normalized spacial score (nSPS) is 11.3. The van der Waals surface area contributed by atoms with Crippen LogP contribution < -0.4 is 9.62 Å². The van der Waals surface area contributed by atoms with Crippen LogP contribution in [-0.2, 0) is 10.0 Å². The summed E-state index contributed by atoms with van der Waals surface area (Å²) in [4.78, 5) is 5.65. The van der Waals surface area contributed by atoms with Gasteiger partial charge in [-0.05, 0) is 34.1 Å². The third-order valence-corrected chi connectivity index (χ3v) is 4.95. The fraction of sp³-hybridized carbons (Fsp3) is 0.154. The standard InChI is InChI=1S/C13H13BrClN3O3S/c1-18(2)11-4-3-9(6-10(11)14)22(20,21)17-13-12(19)5-8(15)7-16-13/h3-7,19H,1-2H3,(H,16,17). The van der Waals surface area contributed by atoms with Crippen molar-refractivity contribution in [3.05, 3.63) is 40.0 Å². The maximum atomic E-state index is 12.3. The molecule has 22 heavy (non-hydrogen) atoms. The molecule has 0 aliphatic heterocycles. The van der Waals surface area contributed by atoms with Crippen LogP contribution in [0, 0.1) is 0 Å². The van der Waals surface area contributed by atoms with Gasteiger partial charge in [0, 0.05) is 30.8 Å². The van der Waals surface area contributed by atoms with Crippen LogP contribution in [0.3, 0.4) is 0 Å². The number of rotatable bonds is 4. The van der Waals surface area contributed by atoms with Crippen LogP contribution in [-0.4, -0.2) is 32.6 Å². The SMILES string of the molecule is CN(C)c1ccc(S(=O)(=O)Nc2ncc(Cl)cc2O)cc1Br. The van der Waals surface area contributed by atoms with E-state index < -0.39 is 10.0 Å². The Labute approximate surface area is 141 Å². The topological polar surface area (TPSA) is 82.5 Å². The van der Waals surface area contributed by atoms with Gasteiger partial charge >= 0.3 is 0 Å². The van der Waals surface area contributed by atoms with E-state index in [1.807, 2.05) is 19.0 Å². The Hall–Kier alpha value is -1.51. The van der Waals surface area contributed by atoms with Crippen LogP contribution in [0.15, 0.2) is 39.8 Å². The number of hydrogen-bond donors (Lipinski definition) is 2. The average molecular weight is 407 g/mol. The van der Waals surface area contributed by atoms with E-state index in [-0.39, 0.29) is 21.5 Å². The number of benzene rings is 1. The van der Waals surface area contributed by atoms with Gasteiger partial charge in [-0.2, -0.15) is 0 Å². The Morgan fingerprint density at radius 1 is 1.32 bits per heavy atom. The van der Waals surface area contributed by atoms with Gasteiger partial charge in [-0.1, -0.05) is 11.6 Å². The van der Waals surface area contributed by atoms with E-state index in [0.717, 1.165) is 5.69 Å². The maximum absolute atomic E-state index is 12.3. The number of pyridine rings is 1. The summed E-state index contributed by atoms with van der Waals surface area (Å²) in [6.45, 7) is 0. The van der Waals surface area contributed by atoms with Gasteiger partial charge in [0.1, 0.15) is 0 Å². The molecule has 0 spiro atoms. The van der Waals surface area contributed by atoms with Crippen molar-refractivity contribution >= 4 is 49.1 Å². The van der Waals surface area contributed by atoms with Crippen LogP contribution in [0.4, 0.5) is 11.5 Å². The number of nitrogens with zero attached hydrogens (tertiary/aromatic N) is 2. The zero-order valence-electron chi connectivity index (χ0n) is 11.7. The Kier molecular flexibility index (Phi) is 4.84. The van der Waals surface area contributed by atoms with Gasteiger partial charge in [0.2, 0.25) is 0 Å². The third kappa shape index (κ3) is 3.63. The lowest BCUT2D eigenvalue weighted by molar-refractivity contribution is 0.475. The number of aromatic hydroxyl groups is 1. The van der Waals surface area contributed by atoms with Gasteiger partial charge < -0.3 is 10.0 Å². The first-order chi connectivity index (χ1) is 10.2. The van der Waals surface area contributed by atoms with Gasteiger partial charge in [0.15, 0.2) is 11.6 Å². The second-order valence-corrected chi connectivity index (χ2v) is 7.61. The largest absolute Gasteiger partial charge is 0.504 e. The fourth-order valence-corrected chi connectivity index (χ4v) is 3.80. The lowest BCUT2D eigenvalue weighted by Gasteiger charge is -2.16. The van der Waals surface area contributed by atoms with E-state index in [1.54, 1.807) is 6.07 Å². The Bertz CT molecular complexity index is 812. The van der Waals surface area contributed by atoms with Gasteiger partial charge in [-0.15, -0.1) is 0 Å². The first kappa shape index (κ1) is 16.9. The van der Waals surface area contributed by atoms with Gasteiger partial charge in [0.25, 0.3) is 10.0 Å². The minimum Gasteiger partial charge on any atom is -0.504 e. The molecule has 1 heterocycles. The van der Waals surface area contributed by atoms with E-state index in [9.17, 15) is 13.5 Å². The summed E-state index contributed by atoms with van der Waals surface area (Å²) in [6.07, 6.45) is 1.24. The number of sulfonamides is 1. The highest BCUT2D eigenvalue weighted by atomic mass is 79.9. The Balaban J connectivity index is 2.36. The molecule has 1 aromatic carbocycles. The Morgan fingerprint density at radius 2 is 2.00 bits per heavy atom. The molecule has 0 radical (unpaired) electrons. The summed E-state index contributed by atoms with van der Waals surface area (Å²) in [6, 6.07) is 5.82. The highest BCUT2D eigenvalue weighted by Gasteiger charge is 2.18. The lowest BCUT2D eigenvalue weighted by atomic mass is 10.3. The number of anilines is 2. The average Bonchev–Trinajstić information content (AvgIpc) is 2.41. The molecule has 2 aromatic rings. The van der Waals surface area contributed by atoms with Crippen molar-refractivity contribution in [1.82, 2.24) is 4.98 Å². The molecule has 0 bridgehead atoms. The molecule has 0 saturated carbocycles. The molecule has 1 aromatic heterocycles. The van der Waals surface area contributed by atoms with Crippen molar-refractivity contribution < 1.29 is 13.5 Å². The molecule has 6 nitrogen and oxygen atoms in total. The molecule has 0 saturated heterocycles. The monoisotopic (exact) mass is 405 g/mol. The van der Waals surface area contributed by atoms with Crippen molar-refractivity contribution in [3.8, 4) is 5.75 Å². The van der Waals surface area contributed by atoms with Crippen molar-refractivity contribution in [2.45, 2.75) is 4.90 Å². The van der Waals surface area contributed by atoms with Crippen molar-refractivity contribution in [1.29, 1.82) is 0 Å². The predicted molar refractivity (Wildman–Crippen MR) is 90.2 cm³/mol. The van der Waals surface area contributed by atoms with Crippen molar-refractivity contribution in [2.75, 3.05) is 23.7 Å². The molecule has 0 unspecified atom stereocenters. The molecule has 9 heteroatoms. The van der Waals surface area contributed by atoms with Crippen LogP contribution in [0.5, 0.6) is 5.75 Å². The molecule has 0 aliphatic carbocycles. The number of nitrogens with one attached hydrogen (secondary N) is 1. The first-order valence-electron chi connectivity index (χ1n) is 6.05. The van der Waals surface area contributed by atoms with Crippen LogP contribution >= 0.6 is 27.5 Å². The summed E-state index contributed by atoms with van der Waals surface area (Å²) in [5, 5.41) is 9.89. The molecular weight excluding hydrogens is 394 g/mol. The Morgan fingerprint density at radius 3 is 2.55 bits per heavy atom. The van der Waals surface area contributed by atoms with E-state index in [2.05, 4.69) is 25.6 Å². The second kappa shape index (κ2) is 6.31. The number of aromatic nitrogens is 1. The molecule has 0 aliphatic rings. The van der Waals surface area contributed by atoms with E-state index in [1.165, 1.54) is 24.4 Å². The molecular formula is C13H13BrClN3O3S. The minimum absolute atomic E-state index is 0.0427. The van der Waals surface area contributed by atoms with Gasteiger partial charge in [-0.25, -0.2) is 13.4 Å². The summed E-state index contributed by atoms with van der Waals surface area (Å²) < 4.78 is 27.5. The van der Waals surface area contributed by atoms with Crippen LogP contribution in [0.2, 0.25) is 5.02 Å². The summed E-state index contributed by atoms with van der Waals surface area (Å²) in [7, 11) is -0.179. The van der Waals surface area contributed by atoms with Gasteiger partial charge in [-0.3, -0.25) is 4.72 Å². The minimum atomic E-state index is -3.88. The van der Waals surface area contributed by atoms with Gasteiger partial charge in [0.05, 0.1) is 15.6 Å². The van der Waals surface area contributed by atoms with Crippen LogP contribution in [0.25, 0.3) is 0 Å². The maximum Gasteiger partial charge on any atom is 0.263 e. The summed E-state index contributed by atoms with van der Waals surface area (Å²) in [5.41, 5.74) is 0.839. The lowest BCUT2D eigenvalue weighted by Crippen LogP contribution is -2.15. The highest BCUT2D eigenvalue weighted by molar-refractivity contribution is 9.10. The van der Waals surface area contributed by atoms with Crippen molar-refractivity contribution in [3.63, 3.8) is 0 Å². The molecule has 2 N–H and O–H groups in total. The second-order valence-electron chi connectivity index (χ2n) is 4.63. The molecule has 2 rings (SSSR count). The van der Waals surface area contributed by atoms with Crippen molar-refractivity contribution in [2.24, 2.45) is 0 Å². The van der Waals surface area contributed by atoms with Crippen LogP contribution in [0.1, 0.15) is 0 Å². The molecule has 0 atom stereocenters. The smallest absolute Gasteiger partial charge is 0.263 e. The zero-order chi connectivity index (χ0) is 16.5. The van der Waals surface area contributed by atoms with E-state index in [0.29, 0.717) is 4.47 Å². The quantitative estimate of drug-likeness (QED) is 0.815. The predicted octanol–water partition coefficient (Wildman–Crippen LogP) is 3.07. The number of halogens is 2. The summed E-state index contributed by atoms with van der Waals surface area (Å²) >= 11 is 9.00. The first-order valence-corrected chi connectivity index (χ1v) is 8.70. The fourth-order valence-electron chi connectivity index (χ4n) is 1.71. The number of hydrogen-bond acceptors (Lipinski definition) is 5. The molecule has 118 valence electrons. The van der Waals surface area contributed by atoms with E-state index >= 15 is 0 Å². The zero-order valence-corrected chi connectivity index (χ0v) is 14.9.